The minimum absolute atomic E-state index is 0.0118. The molecule has 0 atom stereocenters. The van der Waals surface area contributed by atoms with Crippen LogP contribution in [0.25, 0.3) is 0 Å². The minimum Gasteiger partial charge on any atom is -0.406 e. The number of halogens is 3. The van der Waals surface area contributed by atoms with Gasteiger partial charge in [-0.3, -0.25) is 4.79 Å². The van der Waals surface area contributed by atoms with E-state index in [0.29, 0.717) is 31.5 Å². The molecule has 0 aliphatic carbocycles. The van der Waals surface area contributed by atoms with E-state index in [4.69, 9.17) is 0 Å². The van der Waals surface area contributed by atoms with Crippen LogP contribution in [0.2, 0.25) is 0 Å². The Morgan fingerprint density at radius 1 is 1.23 bits per heavy atom. The quantitative estimate of drug-likeness (QED) is 0.769. The Morgan fingerprint density at radius 3 is 2.23 bits per heavy atom. The molecule has 1 aromatic carbocycles. The van der Waals surface area contributed by atoms with Crippen molar-refractivity contribution in [2.75, 3.05) is 20.1 Å². The van der Waals surface area contributed by atoms with Gasteiger partial charge in [0, 0.05) is 33.1 Å². The highest BCUT2D eigenvalue weighted by atomic mass is 32.2. The molecule has 10 heteroatoms. The molecule has 6 nitrogen and oxygen atoms in total. The first-order valence-electron chi connectivity index (χ1n) is 8.04. The van der Waals surface area contributed by atoms with Crippen LogP contribution in [0.15, 0.2) is 24.3 Å². The van der Waals surface area contributed by atoms with E-state index in [2.05, 4.69) is 4.74 Å². The van der Waals surface area contributed by atoms with Crippen LogP contribution >= 0.6 is 0 Å². The second-order valence-electron chi connectivity index (χ2n) is 6.21. The molecule has 0 aromatic heterocycles. The van der Waals surface area contributed by atoms with Crippen molar-refractivity contribution < 1.29 is 31.1 Å². The van der Waals surface area contributed by atoms with E-state index < -0.39 is 22.1 Å². The molecule has 1 aliphatic rings. The summed E-state index contributed by atoms with van der Waals surface area (Å²) in [6, 6.07) is 4.79. The monoisotopic (exact) mass is 394 g/mol. The highest BCUT2D eigenvalue weighted by molar-refractivity contribution is 7.88. The van der Waals surface area contributed by atoms with Crippen LogP contribution in [0.5, 0.6) is 5.75 Å². The van der Waals surface area contributed by atoms with Gasteiger partial charge in [-0.15, -0.1) is 13.2 Å². The fourth-order valence-corrected chi connectivity index (χ4v) is 4.42. The summed E-state index contributed by atoms with van der Waals surface area (Å²) in [6.07, 6.45) is -3.69. The Bertz CT molecular complexity index is 727. The van der Waals surface area contributed by atoms with E-state index in [0.717, 1.165) is 12.1 Å². The Labute approximate surface area is 150 Å². The maximum atomic E-state index is 12.5. The number of piperidine rings is 1. The summed E-state index contributed by atoms with van der Waals surface area (Å²) in [5.74, 6) is -0.758. The van der Waals surface area contributed by atoms with Crippen LogP contribution in [0, 0.1) is 0 Å². The molecule has 0 spiro atoms. The van der Waals surface area contributed by atoms with Gasteiger partial charge in [-0.05, 0) is 30.5 Å². The molecule has 0 saturated carbocycles. The first-order chi connectivity index (χ1) is 12.0. The molecule has 1 saturated heterocycles. The lowest BCUT2D eigenvalue weighted by molar-refractivity contribution is -0.274. The SMILES string of the molecule is CC(=O)N(C)C1CCN(S(=O)(=O)Cc2ccc(OC(F)(F)F)cc2)CC1. The zero-order valence-electron chi connectivity index (χ0n) is 14.5. The molecule has 0 N–H and O–H groups in total. The van der Waals surface area contributed by atoms with Crippen LogP contribution in [0.1, 0.15) is 25.3 Å². The predicted molar refractivity (Wildman–Crippen MR) is 88.8 cm³/mol. The van der Waals surface area contributed by atoms with E-state index in [1.54, 1.807) is 11.9 Å². The van der Waals surface area contributed by atoms with Crippen LogP contribution < -0.4 is 4.74 Å². The largest absolute Gasteiger partial charge is 0.573 e. The van der Waals surface area contributed by atoms with Crippen molar-refractivity contribution in [1.29, 1.82) is 0 Å². The topological polar surface area (TPSA) is 66.9 Å². The highest BCUT2D eigenvalue weighted by Crippen LogP contribution is 2.24. The molecule has 0 bridgehead atoms. The third-order valence-electron chi connectivity index (χ3n) is 4.37. The highest BCUT2D eigenvalue weighted by Gasteiger charge is 2.32. The molecule has 1 fully saturated rings. The lowest BCUT2D eigenvalue weighted by Gasteiger charge is -2.35. The molecule has 0 unspecified atom stereocenters. The summed E-state index contributed by atoms with van der Waals surface area (Å²) >= 11 is 0. The fourth-order valence-electron chi connectivity index (χ4n) is 2.85. The van der Waals surface area contributed by atoms with Crippen molar-refractivity contribution in [3.05, 3.63) is 29.8 Å². The van der Waals surface area contributed by atoms with Crippen molar-refractivity contribution in [1.82, 2.24) is 9.21 Å². The van der Waals surface area contributed by atoms with Crippen LogP contribution in [0.3, 0.4) is 0 Å². The zero-order valence-corrected chi connectivity index (χ0v) is 15.3. The van der Waals surface area contributed by atoms with Gasteiger partial charge in [0.2, 0.25) is 15.9 Å². The molecule has 146 valence electrons. The van der Waals surface area contributed by atoms with Crippen molar-refractivity contribution in [3.8, 4) is 5.75 Å². The van der Waals surface area contributed by atoms with Crippen molar-refractivity contribution >= 4 is 15.9 Å². The first kappa shape index (κ1) is 20.5. The Morgan fingerprint density at radius 2 is 1.77 bits per heavy atom. The van der Waals surface area contributed by atoms with E-state index in [1.807, 2.05) is 0 Å². The van der Waals surface area contributed by atoms with Gasteiger partial charge in [-0.2, -0.15) is 0 Å². The number of ether oxygens (including phenoxy) is 1. The maximum Gasteiger partial charge on any atom is 0.573 e. The summed E-state index contributed by atoms with van der Waals surface area (Å²) in [4.78, 5) is 13.0. The first-order valence-corrected chi connectivity index (χ1v) is 9.65. The molecule has 1 aromatic rings. The minimum atomic E-state index is -4.79. The summed E-state index contributed by atoms with van der Waals surface area (Å²) in [5, 5.41) is 0. The molecule has 2 rings (SSSR count). The van der Waals surface area contributed by atoms with Gasteiger partial charge in [0.1, 0.15) is 5.75 Å². The molecule has 26 heavy (non-hydrogen) atoms. The maximum absolute atomic E-state index is 12.5. The number of alkyl halides is 3. The van der Waals surface area contributed by atoms with Gasteiger partial charge >= 0.3 is 6.36 Å². The average molecular weight is 394 g/mol. The number of hydrogen-bond acceptors (Lipinski definition) is 4. The third kappa shape index (κ3) is 5.60. The van der Waals surface area contributed by atoms with Gasteiger partial charge in [0.15, 0.2) is 0 Å². The van der Waals surface area contributed by atoms with Crippen molar-refractivity contribution in [3.63, 3.8) is 0 Å². The van der Waals surface area contributed by atoms with Crippen molar-refractivity contribution in [2.24, 2.45) is 0 Å². The smallest absolute Gasteiger partial charge is 0.406 e. The second-order valence-corrected chi connectivity index (χ2v) is 8.18. The van der Waals surface area contributed by atoms with Gasteiger partial charge < -0.3 is 9.64 Å². The number of rotatable bonds is 5. The Balaban J connectivity index is 1.96. The number of carbonyl (C=O) groups is 1. The predicted octanol–water partition coefficient (Wildman–Crippen LogP) is 2.36. The summed E-state index contributed by atoms with van der Waals surface area (Å²) < 4.78 is 66.6. The van der Waals surface area contributed by atoms with Crippen LogP contribution in [0.4, 0.5) is 13.2 Å². The fraction of sp³-hybridized carbons (Fsp3) is 0.562. The van der Waals surface area contributed by atoms with E-state index >= 15 is 0 Å². The molecule has 1 amide bonds. The molecular weight excluding hydrogens is 373 g/mol. The van der Waals surface area contributed by atoms with Crippen LogP contribution in [-0.2, 0) is 20.6 Å². The van der Waals surface area contributed by atoms with Crippen LogP contribution in [-0.4, -0.2) is 56.1 Å². The lowest BCUT2D eigenvalue weighted by atomic mass is 10.1. The zero-order chi connectivity index (χ0) is 19.5. The molecule has 1 heterocycles. The summed E-state index contributed by atoms with van der Waals surface area (Å²) in [5.41, 5.74) is 0.377. The summed E-state index contributed by atoms with van der Waals surface area (Å²) in [7, 11) is -1.89. The lowest BCUT2D eigenvalue weighted by Crippen LogP contribution is -2.46. The van der Waals surface area contributed by atoms with Gasteiger partial charge in [0.05, 0.1) is 5.75 Å². The number of hydrogen-bond donors (Lipinski definition) is 0. The molecular formula is C16H21F3N2O4S. The number of nitrogens with zero attached hydrogens (tertiary/aromatic N) is 2. The van der Waals surface area contributed by atoms with Gasteiger partial charge in [-0.1, -0.05) is 12.1 Å². The normalized spacial score (nSPS) is 17.1. The number of benzene rings is 1. The van der Waals surface area contributed by atoms with E-state index in [9.17, 15) is 26.4 Å². The van der Waals surface area contributed by atoms with E-state index in [1.165, 1.54) is 23.4 Å². The van der Waals surface area contributed by atoms with Gasteiger partial charge in [0.25, 0.3) is 0 Å². The standard InChI is InChI=1S/C16H21F3N2O4S/c1-12(22)20(2)14-7-9-21(10-8-14)26(23,24)11-13-3-5-15(6-4-13)25-16(17,18)19/h3-6,14H,7-11H2,1-2H3. The number of sulfonamides is 1. The number of amides is 1. The van der Waals surface area contributed by atoms with Gasteiger partial charge in [-0.25, -0.2) is 12.7 Å². The van der Waals surface area contributed by atoms with E-state index in [-0.39, 0.29) is 17.7 Å². The number of carbonyl (C=O) groups excluding carboxylic acids is 1. The molecule has 1 aliphatic heterocycles. The van der Waals surface area contributed by atoms with Crippen molar-refractivity contribution in [2.45, 2.75) is 37.9 Å². The average Bonchev–Trinajstić information content (AvgIpc) is 2.54. The third-order valence-corrected chi connectivity index (χ3v) is 6.22. The Hall–Kier alpha value is -1.81. The summed E-state index contributed by atoms with van der Waals surface area (Å²) in [6.45, 7) is 2.08. The molecule has 0 radical (unpaired) electrons. The Kier molecular flexibility index (Phi) is 6.17. The second kappa shape index (κ2) is 7.83.